The van der Waals surface area contributed by atoms with Crippen molar-refractivity contribution in [2.75, 3.05) is 20.5 Å². The third kappa shape index (κ3) is 9.01. The first kappa shape index (κ1) is 34.0. The molecule has 0 bridgehead atoms. The second-order valence-electron chi connectivity index (χ2n) is 11.2. The number of nitrogens with zero attached hydrogens (tertiary/aromatic N) is 1. The van der Waals surface area contributed by atoms with Gasteiger partial charge in [0.2, 0.25) is 6.79 Å². The number of esters is 3. The SMILES string of the molecule is COc1ccnc(C(=O)N[C@H]2COC(=O)[C@H](Cc3ccccc3)[C@@H](CC(=O)C(C)C)[C@H](C)OC2=O)c1OCOC(=O)C(C)C. The largest absolute Gasteiger partial charge is 0.493 e. The molecule has 2 heterocycles. The Hall–Kier alpha value is -4.48. The Kier molecular flexibility index (Phi) is 12.2. The lowest BCUT2D eigenvalue weighted by molar-refractivity contribution is -0.155. The number of aromatic nitrogens is 1. The summed E-state index contributed by atoms with van der Waals surface area (Å²) in [6.45, 7) is 7.44. The van der Waals surface area contributed by atoms with Gasteiger partial charge in [0.05, 0.1) is 18.9 Å². The fourth-order valence-corrected chi connectivity index (χ4v) is 4.61. The monoisotopic (exact) mass is 612 g/mol. The van der Waals surface area contributed by atoms with Gasteiger partial charge in [-0.2, -0.15) is 0 Å². The van der Waals surface area contributed by atoms with Crippen molar-refractivity contribution in [1.82, 2.24) is 10.3 Å². The maximum atomic E-state index is 13.5. The number of carbonyl (C=O) groups is 5. The molecule has 1 fully saturated rings. The number of Topliss-reactive ketones (excluding diaryl/α,β-unsaturated/α-hetero) is 1. The molecule has 12 nitrogen and oxygen atoms in total. The Labute approximate surface area is 256 Å². The molecule has 0 spiro atoms. The third-order valence-electron chi connectivity index (χ3n) is 7.27. The number of ether oxygens (including phenoxy) is 5. The van der Waals surface area contributed by atoms with Crippen LogP contribution >= 0.6 is 0 Å². The van der Waals surface area contributed by atoms with Crippen LogP contribution in [0.1, 0.15) is 57.1 Å². The molecule has 44 heavy (non-hydrogen) atoms. The highest BCUT2D eigenvalue weighted by Crippen LogP contribution is 2.31. The van der Waals surface area contributed by atoms with Crippen molar-refractivity contribution in [1.29, 1.82) is 0 Å². The van der Waals surface area contributed by atoms with Gasteiger partial charge in [-0.1, -0.05) is 58.0 Å². The van der Waals surface area contributed by atoms with Gasteiger partial charge in [-0.05, 0) is 18.9 Å². The number of cyclic esters (lactones) is 2. The first-order valence-corrected chi connectivity index (χ1v) is 14.5. The molecule has 1 aromatic heterocycles. The molecule has 238 valence electrons. The Bertz CT molecular complexity index is 1330. The quantitative estimate of drug-likeness (QED) is 0.213. The lowest BCUT2D eigenvalue weighted by atomic mass is 9.79. The van der Waals surface area contributed by atoms with E-state index in [4.69, 9.17) is 23.7 Å². The number of pyridine rings is 1. The average molecular weight is 613 g/mol. The van der Waals surface area contributed by atoms with Gasteiger partial charge in [0.15, 0.2) is 23.2 Å². The average Bonchev–Trinajstić information content (AvgIpc) is 3.03. The van der Waals surface area contributed by atoms with Gasteiger partial charge < -0.3 is 29.0 Å². The van der Waals surface area contributed by atoms with E-state index in [-0.39, 0.29) is 41.7 Å². The normalized spacial score (nSPS) is 20.5. The first-order chi connectivity index (χ1) is 20.9. The predicted molar refractivity (Wildman–Crippen MR) is 157 cm³/mol. The summed E-state index contributed by atoms with van der Waals surface area (Å²) in [5, 5.41) is 2.51. The first-order valence-electron chi connectivity index (χ1n) is 14.5. The second-order valence-corrected chi connectivity index (χ2v) is 11.2. The Morgan fingerprint density at radius 1 is 1.02 bits per heavy atom. The van der Waals surface area contributed by atoms with E-state index < -0.39 is 67.1 Å². The van der Waals surface area contributed by atoms with Gasteiger partial charge in [-0.25, -0.2) is 9.78 Å². The van der Waals surface area contributed by atoms with Crippen molar-refractivity contribution >= 4 is 29.6 Å². The molecule has 1 N–H and O–H groups in total. The van der Waals surface area contributed by atoms with Gasteiger partial charge >= 0.3 is 17.9 Å². The zero-order valence-electron chi connectivity index (χ0n) is 25.9. The van der Waals surface area contributed by atoms with E-state index in [0.29, 0.717) is 0 Å². The third-order valence-corrected chi connectivity index (χ3v) is 7.27. The number of amides is 1. The molecule has 1 saturated heterocycles. The number of ketones is 1. The van der Waals surface area contributed by atoms with E-state index in [1.165, 1.54) is 19.4 Å². The molecule has 0 saturated carbocycles. The van der Waals surface area contributed by atoms with Crippen molar-refractivity contribution in [2.45, 2.75) is 59.6 Å². The van der Waals surface area contributed by atoms with Crippen molar-refractivity contribution in [3.05, 3.63) is 53.9 Å². The lowest BCUT2D eigenvalue weighted by Gasteiger charge is -2.29. The molecule has 3 rings (SSSR count). The minimum Gasteiger partial charge on any atom is -0.493 e. The van der Waals surface area contributed by atoms with E-state index >= 15 is 0 Å². The minimum absolute atomic E-state index is 0.00551. The summed E-state index contributed by atoms with van der Waals surface area (Å²) in [5.41, 5.74) is 0.592. The highest BCUT2D eigenvalue weighted by molar-refractivity contribution is 5.98. The summed E-state index contributed by atoms with van der Waals surface area (Å²) in [5.74, 6) is -5.04. The van der Waals surface area contributed by atoms with Gasteiger partial charge in [0, 0.05) is 30.5 Å². The molecule has 0 radical (unpaired) electrons. The van der Waals surface area contributed by atoms with Crippen LogP contribution in [0.4, 0.5) is 0 Å². The van der Waals surface area contributed by atoms with Crippen LogP contribution in [-0.4, -0.2) is 67.2 Å². The van der Waals surface area contributed by atoms with Crippen LogP contribution in [0, 0.1) is 23.7 Å². The summed E-state index contributed by atoms with van der Waals surface area (Å²) in [4.78, 5) is 68.9. The molecule has 2 aromatic rings. The molecule has 12 heteroatoms. The van der Waals surface area contributed by atoms with E-state index in [9.17, 15) is 24.0 Å². The molecule has 1 aliphatic heterocycles. The molecular weight excluding hydrogens is 572 g/mol. The molecule has 0 unspecified atom stereocenters. The zero-order valence-corrected chi connectivity index (χ0v) is 25.9. The van der Waals surface area contributed by atoms with Crippen molar-refractivity contribution in [3.63, 3.8) is 0 Å². The molecule has 1 aromatic carbocycles. The topological polar surface area (TPSA) is 156 Å². The molecule has 1 aliphatic rings. The second kappa shape index (κ2) is 15.8. The Balaban J connectivity index is 1.85. The van der Waals surface area contributed by atoms with E-state index in [2.05, 4.69) is 10.3 Å². The van der Waals surface area contributed by atoms with Crippen molar-refractivity contribution in [3.8, 4) is 11.5 Å². The number of nitrogens with one attached hydrogen (secondary N) is 1. The van der Waals surface area contributed by atoms with Crippen molar-refractivity contribution < 1.29 is 47.7 Å². The zero-order chi connectivity index (χ0) is 32.4. The van der Waals surface area contributed by atoms with Crippen LogP contribution in [0.5, 0.6) is 11.5 Å². The van der Waals surface area contributed by atoms with Crippen LogP contribution in [0.3, 0.4) is 0 Å². The summed E-state index contributed by atoms with van der Waals surface area (Å²) < 4.78 is 27.2. The minimum atomic E-state index is -1.40. The van der Waals surface area contributed by atoms with Crippen LogP contribution in [-0.2, 0) is 39.8 Å². The van der Waals surface area contributed by atoms with E-state index in [1.54, 1.807) is 34.6 Å². The van der Waals surface area contributed by atoms with Crippen molar-refractivity contribution in [2.24, 2.45) is 23.7 Å². The Morgan fingerprint density at radius 2 is 1.73 bits per heavy atom. The van der Waals surface area contributed by atoms with Gasteiger partial charge in [-0.3, -0.25) is 19.2 Å². The number of benzene rings is 1. The maximum Gasteiger partial charge on any atom is 0.332 e. The summed E-state index contributed by atoms with van der Waals surface area (Å²) in [6, 6.07) is 9.33. The van der Waals surface area contributed by atoms with Crippen LogP contribution in [0.15, 0.2) is 42.6 Å². The summed E-state index contributed by atoms with van der Waals surface area (Å²) >= 11 is 0. The highest BCUT2D eigenvalue weighted by Gasteiger charge is 2.41. The summed E-state index contributed by atoms with van der Waals surface area (Å²) in [6.07, 6.45) is 0.721. The number of hydrogen-bond acceptors (Lipinski definition) is 11. The van der Waals surface area contributed by atoms with Crippen LogP contribution in [0.25, 0.3) is 0 Å². The fourth-order valence-electron chi connectivity index (χ4n) is 4.61. The fraction of sp³-hybridized carbons (Fsp3) is 0.500. The van der Waals surface area contributed by atoms with Gasteiger partial charge in [-0.15, -0.1) is 0 Å². The number of carbonyl (C=O) groups excluding carboxylic acids is 5. The van der Waals surface area contributed by atoms with Gasteiger partial charge in [0.1, 0.15) is 18.5 Å². The van der Waals surface area contributed by atoms with E-state index in [0.717, 1.165) is 5.56 Å². The summed E-state index contributed by atoms with van der Waals surface area (Å²) in [7, 11) is 1.35. The Morgan fingerprint density at radius 3 is 2.36 bits per heavy atom. The molecular formula is C32H40N2O10. The van der Waals surface area contributed by atoms with E-state index in [1.807, 2.05) is 30.3 Å². The van der Waals surface area contributed by atoms with Crippen LogP contribution < -0.4 is 14.8 Å². The lowest BCUT2D eigenvalue weighted by Crippen LogP contribution is -2.46. The predicted octanol–water partition coefficient (Wildman–Crippen LogP) is 3.30. The number of rotatable bonds is 12. The molecule has 0 aliphatic carbocycles. The highest BCUT2D eigenvalue weighted by atomic mass is 16.7. The van der Waals surface area contributed by atoms with Crippen LogP contribution in [0.2, 0.25) is 0 Å². The number of methoxy groups -OCH3 is 1. The molecule has 4 atom stereocenters. The molecule has 1 amide bonds. The standard InChI is InChI=1S/C32H40N2O10/c1-18(2)25(35)15-22-20(5)44-32(39)24(16-41-31(38)23(22)14-21-10-8-7-9-11-21)34-29(36)27-28(26(40-6)12-13-33-27)42-17-43-30(37)19(3)4/h7-13,18-20,22-24H,14-17H2,1-6H3,(H,34,36)/t20-,22-,23+,24-/m0/s1. The smallest absolute Gasteiger partial charge is 0.332 e. The number of hydrogen-bond donors (Lipinski definition) is 1. The van der Waals surface area contributed by atoms with Gasteiger partial charge in [0.25, 0.3) is 5.91 Å². The maximum absolute atomic E-state index is 13.5.